The van der Waals surface area contributed by atoms with E-state index in [1.807, 2.05) is 0 Å². The van der Waals surface area contributed by atoms with Gasteiger partial charge in [0.05, 0.1) is 22.3 Å². The Bertz CT molecular complexity index is 1130. The first-order valence-corrected chi connectivity index (χ1v) is 12.3. The van der Waals surface area contributed by atoms with Crippen molar-refractivity contribution in [2.45, 2.75) is 18.9 Å². The molecular formula is C20H20FN3O5S2. The minimum absolute atomic E-state index is 0.0219. The van der Waals surface area contributed by atoms with Crippen LogP contribution < -0.4 is 10.9 Å². The van der Waals surface area contributed by atoms with Crippen molar-refractivity contribution in [1.29, 1.82) is 0 Å². The Morgan fingerprint density at radius 1 is 1.10 bits per heavy atom. The van der Waals surface area contributed by atoms with E-state index in [2.05, 4.69) is 10.9 Å². The second-order valence-corrected chi connectivity index (χ2v) is 10.9. The summed E-state index contributed by atoms with van der Waals surface area (Å²) in [6.07, 6.45) is 0.361. The molecule has 4 rings (SSSR count). The molecule has 0 spiro atoms. The summed E-state index contributed by atoms with van der Waals surface area (Å²) in [5.74, 6) is -2.28. The molecule has 11 heteroatoms. The molecule has 8 nitrogen and oxygen atoms in total. The van der Waals surface area contributed by atoms with E-state index in [9.17, 15) is 27.2 Å². The number of likely N-dealkylation sites (tertiary alicyclic amines) is 1. The molecule has 31 heavy (non-hydrogen) atoms. The van der Waals surface area contributed by atoms with Gasteiger partial charge in [0.25, 0.3) is 5.91 Å². The van der Waals surface area contributed by atoms with Gasteiger partial charge in [-0.25, -0.2) is 12.8 Å². The summed E-state index contributed by atoms with van der Waals surface area (Å²) in [7, 11) is -3.14. The summed E-state index contributed by atoms with van der Waals surface area (Å²) in [6.45, 7) is 0.133. The van der Waals surface area contributed by atoms with Crippen LogP contribution in [0.25, 0.3) is 10.4 Å². The number of carbonyl (C=O) groups excluding carboxylic acids is 3. The zero-order chi connectivity index (χ0) is 22.2. The molecule has 0 aliphatic carbocycles. The molecule has 2 aliphatic rings. The van der Waals surface area contributed by atoms with Crippen LogP contribution in [0.5, 0.6) is 0 Å². The van der Waals surface area contributed by atoms with E-state index < -0.39 is 27.6 Å². The largest absolute Gasteiger partial charge is 0.338 e. The maximum Gasteiger partial charge on any atom is 0.279 e. The average Bonchev–Trinajstić information content (AvgIpc) is 3.45. The number of rotatable bonds is 4. The first-order chi connectivity index (χ1) is 14.7. The fourth-order valence-electron chi connectivity index (χ4n) is 3.79. The second-order valence-electron chi connectivity index (χ2n) is 7.62. The van der Waals surface area contributed by atoms with E-state index in [-0.39, 0.29) is 42.2 Å². The normalized spacial score (nSPS) is 22.5. The standard InChI is InChI=1S/C20H20FN3O5S2/c21-14-3-1-12(2-4-14)16-5-6-17(30-16)20(27)23-22-19(26)13-9-18(25)24(10-13)15-7-8-31(28,29)11-15/h1-6,13,15H,7-11H2,(H,22,26)(H,23,27). The second kappa shape index (κ2) is 8.39. The van der Waals surface area contributed by atoms with Crippen molar-refractivity contribution < 1.29 is 27.2 Å². The van der Waals surface area contributed by atoms with E-state index in [0.717, 1.165) is 10.4 Å². The van der Waals surface area contributed by atoms with Gasteiger partial charge in [-0.2, -0.15) is 0 Å². The van der Waals surface area contributed by atoms with E-state index in [1.165, 1.54) is 28.4 Å². The molecule has 2 fully saturated rings. The van der Waals surface area contributed by atoms with Crippen molar-refractivity contribution >= 4 is 38.9 Å². The minimum Gasteiger partial charge on any atom is -0.338 e. The van der Waals surface area contributed by atoms with E-state index >= 15 is 0 Å². The van der Waals surface area contributed by atoms with Crippen LogP contribution in [0, 0.1) is 11.7 Å². The van der Waals surface area contributed by atoms with Gasteiger partial charge in [-0.05, 0) is 36.2 Å². The molecular weight excluding hydrogens is 445 g/mol. The monoisotopic (exact) mass is 465 g/mol. The van der Waals surface area contributed by atoms with Crippen molar-refractivity contribution in [3.8, 4) is 10.4 Å². The molecule has 0 saturated carbocycles. The molecule has 164 valence electrons. The molecule has 2 unspecified atom stereocenters. The number of hydrogen-bond acceptors (Lipinski definition) is 6. The summed E-state index contributed by atoms with van der Waals surface area (Å²) in [4.78, 5) is 39.6. The summed E-state index contributed by atoms with van der Waals surface area (Å²) in [5.41, 5.74) is 5.47. The third-order valence-electron chi connectivity index (χ3n) is 5.44. The number of nitrogens with zero attached hydrogens (tertiary/aromatic N) is 1. The van der Waals surface area contributed by atoms with Gasteiger partial charge in [-0.15, -0.1) is 11.3 Å². The third kappa shape index (κ3) is 4.77. The van der Waals surface area contributed by atoms with E-state index in [4.69, 9.17) is 0 Å². The molecule has 3 heterocycles. The van der Waals surface area contributed by atoms with Gasteiger partial charge < -0.3 is 4.90 Å². The number of sulfone groups is 1. The lowest BCUT2D eigenvalue weighted by molar-refractivity contribution is -0.130. The van der Waals surface area contributed by atoms with E-state index in [0.29, 0.717) is 11.3 Å². The fourth-order valence-corrected chi connectivity index (χ4v) is 6.43. The number of hydrogen-bond donors (Lipinski definition) is 2. The molecule has 0 radical (unpaired) electrons. The number of thiophene rings is 1. The number of carbonyl (C=O) groups is 3. The molecule has 2 aromatic rings. The third-order valence-corrected chi connectivity index (χ3v) is 8.32. The molecule has 2 N–H and O–H groups in total. The Labute approximate surface area is 182 Å². The number of amides is 3. The van der Waals surface area contributed by atoms with Gasteiger partial charge in [0.2, 0.25) is 11.8 Å². The summed E-state index contributed by atoms with van der Waals surface area (Å²) >= 11 is 1.20. The van der Waals surface area contributed by atoms with Crippen LogP contribution in [-0.4, -0.2) is 55.1 Å². The number of halogens is 1. The highest BCUT2D eigenvalue weighted by Gasteiger charge is 2.42. The smallest absolute Gasteiger partial charge is 0.279 e. The first kappa shape index (κ1) is 21.4. The fraction of sp³-hybridized carbons (Fsp3) is 0.350. The Kier molecular flexibility index (Phi) is 5.80. The van der Waals surface area contributed by atoms with Crippen LogP contribution in [0.3, 0.4) is 0 Å². The molecule has 2 saturated heterocycles. The van der Waals surface area contributed by atoms with Gasteiger partial charge in [-0.3, -0.25) is 25.2 Å². The lowest BCUT2D eigenvalue weighted by Gasteiger charge is -2.22. The predicted molar refractivity (Wildman–Crippen MR) is 112 cm³/mol. The highest BCUT2D eigenvalue weighted by molar-refractivity contribution is 7.91. The van der Waals surface area contributed by atoms with Gasteiger partial charge >= 0.3 is 0 Å². The zero-order valence-electron chi connectivity index (χ0n) is 16.3. The van der Waals surface area contributed by atoms with Crippen molar-refractivity contribution in [2.75, 3.05) is 18.1 Å². The molecule has 2 aliphatic heterocycles. The molecule has 3 amide bonds. The Morgan fingerprint density at radius 2 is 1.84 bits per heavy atom. The highest BCUT2D eigenvalue weighted by atomic mass is 32.2. The quantitative estimate of drug-likeness (QED) is 0.662. The molecule has 1 aromatic heterocycles. The minimum atomic E-state index is -3.14. The van der Waals surface area contributed by atoms with Crippen molar-refractivity contribution in [2.24, 2.45) is 5.92 Å². The van der Waals surface area contributed by atoms with Gasteiger partial charge in [0, 0.05) is 23.9 Å². The number of benzene rings is 1. The lowest BCUT2D eigenvalue weighted by Crippen LogP contribution is -2.45. The first-order valence-electron chi connectivity index (χ1n) is 9.68. The van der Waals surface area contributed by atoms with Crippen LogP contribution in [0.1, 0.15) is 22.5 Å². The summed E-state index contributed by atoms with van der Waals surface area (Å²) in [6, 6.07) is 8.85. The zero-order valence-corrected chi connectivity index (χ0v) is 18.0. The average molecular weight is 466 g/mol. The molecule has 2 atom stereocenters. The van der Waals surface area contributed by atoms with Crippen LogP contribution in [-0.2, 0) is 19.4 Å². The lowest BCUT2D eigenvalue weighted by atomic mass is 10.1. The van der Waals surface area contributed by atoms with Crippen LogP contribution in [0.2, 0.25) is 0 Å². The van der Waals surface area contributed by atoms with Gasteiger partial charge in [0.1, 0.15) is 5.82 Å². The maximum absolute atomic E-state index is 13.1. The van der Waals surface area contributed by atoms with Crippen LogP contribution in [0.4, 0.5) is 4.39 Å². The number of nitrogens with one attached hydrogen (secondary N) is 2. The van der Waals surface area contributed by atoms with Gasteiger partial charge in [-0.1, -0.05) is 12.1 Å². The Hall–Kier alpha value is -2.79. The number of hydrazine groups is 1. The van der Waals surface area contributed by atoms with Gasteiger partial charge in [0.15, 0.2) is 9.84 Å². The Balaban J connectivity index is 1.31. The predicted octanol–water partition coefficient (Wildman–Crippen LogP) is 1.35. The summed E-state index contributed by atoms with van der Waals surface area (Å²) in [5, 5.41) is 0. The van der Waals surface area contributed by atoms with Crippen molar-refractivity contribution in [3.63, 3.8) is 0 Å². The van der Waals surface area contributed by atoms with Crippen molar-refractivity contribution in [3.05, 3.63) is 47.1 Å². The Morgan fingerprint density at radius 3 is 2.52 bits per heavy atom. The summed E-state index contributed by atoms with van der Waals surface area (Å²) < 4.78 is 36.4. The molecule has 1 aromatic carbocycles. The maximum atomic E-state index is 13.1. The molecule has 0 bridgehead atoms. The van der Waals surface area contributed by atoms with Crippen LogP contribution >= 0.6 is 11.3 Å². The SMILES string of the molecule is O=C(NNC(=O)C1CC(=O)N(C2CCS(=O)(=O)C2)C1)c1ccc(-c2ccc(F)cc2)s1. The topological polar surface area (TPSA) is 113 Å². The van der Waals surface area contributed by atoms with Crippen LogP contribution in [0.15, 0.2) is 36.4 Å². The van der Waals surface area contributed by atoms with E-state index in [1.54, 1.807) is 24.3 Å². The van der Waals surface area contributed by atoms with Crippen molar-refractivity contribution in [1.82, 2.24) is 15.8 Å². The highest BCUT2D eigenvalue weighted by Crippen LogP contribution is 2.28.